The minimum Gasteiger partial charge on any atom is -0.502 e. The third-order valence-corrected chi connectivity index (χ3v) is 1.67. The highest BCUT2D eigenvalue weighted by molar-refractivity contribution is 5.47. The number of rotatable bonds is 3. The number of nitro benzene ring substituents is 1. The van der Waals surface area contributed by atoms with E-state index in [2.05, 4.69) is 0 Å². The summed E-state index contributed by atoms with van der Waals surface area (Å²) in [6.07, 6.45) is 0.571. The summed E-state index contributed by atoms with van der Waals surface area (Å²) in [5, 5.41) is 33.1. The monoisotopic (exact) mass is 245 g/mol. The lowest BCUT2D eigenvalue weighted by molar-refractivity contribution is -0.742. The molecule has 0 amide bonds. The van der Waals surface area contributed by atoms with E-state index in [1.807, 2.05) is 0 Å². The summed E-state index contributed by atoms with van der Waals surface area (Å²) in [6, 6.07) is 4.26. The molecule has 0 aliphatic heterocycles. The van der Waals surface area contributed by atoms with Gasteiger partial charge < -0.3 is 16.0 Å². The van der Waals surface area contributed by atoms with Gasteiger partial charge in [-0.15, -0.1) is 10.1 Å². The Morgan fingerprint density at radius 1 is 1.29 bits per heavy atom. The molecule has 0 aliphatic carbocycles. The summed E-state index contributed by atoms with van der Waals surface area (Å²) in [5.41, 5.74) is 5.78. The number of nitrogens with two attached hydrogens (primary N) is 1. The number of phenols is 1. The Bertz CT molecular complexity index is 404. The molecule has 0 aromatic heterocycles. The van der Waals surface area contributed by atoms with Crippen molar-refractivity contribution >= 4 is 5.69 Å². The number of nitro groups is 1. The van der Waals surface area contributed by atoms with Gasteiger partial charge in [0.2, 0.25) is 0 Å². The van der Waals surface area contributed by atoms with Crippen molar-refractivity contribution in [3.05, 3.63) is 44.0 Å². The zero-order valence-corrected chi connectivity index (χ0v) is 8.65. The van der Waals surface area contributed by atoms with E-state index in [1.165, 1.54) is 12.1 Å². The normalized spacial score (nSPS) is 9.00. The number of hydrogen-bond donors (Lipinski definition) is 3. The van der Waals surface area contributed by atoms with E-state index in [0.717, 1.165) is 5.56 Å². The minimum atomic E-state index is -1.50. The standard InChI is InChI=1S/C8H10N2O3.HNO3/c9-4-3-6-1-2-8(11)7(5-6)10(12)13;2-1(3)4/h1-2,5,11H,3-4,9H2;(H,2,3,4). The molecule has 0 radical (unpaired) electrons. The Labute approximate surface area is 95.4 Å². The highest BCUT2D eigenvalue weighted by Crippen LogP contribution is 2.26. The summed E-state index contributed by atoms with van der Waals surface area (Å²) in [7, 11) is 0. The highest BCUT2D eigenvalue weighted by atomic mass is 16.9. The number of phenolic OH excluding ortho intramolecular Hbond substituents is 1. The van der Waals surface area contributed by atoms with Gasteiger partial charge in [0.1, 0.15) is 0 Å². The lowest BCUT2D eigenvalue weighted by Gasteiger charge is -1.99. The van der Waals surface area contributed by atoms with E-state index < -0.39 is 10.0 Å². The summed E-state index contributed by atoms with van der Waals surface area (Å²) in [4.78, 5) is 18.1. The second kappa shape index (κ2) is 6.95. The van der Waals surface area contributed by atoms with Crippen LogP contribution in [0.25, 0.3) is 0 Å². The van der Waals surface area contributed by atoms with Crippen LogP contribution in [0.5, 0.6) is 5.75 Å². The van der Waals surface area contributed by atoms with Crippen LogP contribution in [0.4, 0.5) is 5.69 Å². The van der Waals surface area contributed by atoms with E-state index in [0.29, 0.717) is 13.0 Å². The quantitative estimate of drug-likeness (QED) is 0.516. The maximum absolute atomic E-state index is 10.4. The molecule has 0 fully saturated rings. The van der Waals surface area contributed by atoms with Crippen LogP contribution in [-0.2, 0) is 6.42 Å². The van der Waals surface area contributed by atoms with Crippen molar-refractivity contribution in [1.29, 1.82) is 0 Å². The van der Waals surface area contributed by atoms with Gasteiger partial charge >= 0.3 is 5.69 Å². The first kappa shape index (κ1) is 14.6. The summed E-state index contributed by atoms with van der Waals surface area (Å²) in [6.45, 7) is 0.432. The van der Waals surface area contributed by atoms with Crippen molar-refractivity contribution in [3.8, 4) is 5.75 Å². The van der Waals surface area contributed by atoms with Gasteiger partial charge in [0.25, 0.3) is 5.09 Å². The third kappa shape index (κ3) is 5.89. The molecule has 17 heavy (non-hydrogen) atoms. The molecule has 0 atom stereocenters. The minimum absolute atomic E-state index is 0.272. The molecule has 0 saturated carbocycles. The molecule has 0 unspecified atom stereocenters. The van der Waals surface area contributed by atoms with E-state index in [4.69, 9.17) is 26.2 Å². The Balaban J connectivity index is 0.000000557. The summed E-state index contributed by atoms with van der Waals surface area (Å²) >= 11 is 0. The molecular formula is C8H11N3O6. The van der Waals surface area contributed by atoms with Crippen molar-refractivity contribution in [2.75, 3.05) is 6.54 Å². The van der Waals surface area contributed by atoms with Crippen molar-refractivity contribution in [3.63, 3.8) is 0 Å². The third-order valence-electron chi connectivity index (χ3n) is 1.67. The average molecular weight is 245 g/mol. The molecule has 94 valence electrons. The number of nitrogens with zero attached hydrogens (tertiary/aromatic N) is 2. The molecule has 9 nitrogen and oxygen atoms in total. The first-order valence-corrected chi connectivity index (χ1v) is 4.38. The average Bonchev–Trinajstić information content (AvgIpc) is 2.20. The van der Waals surface area contributed by atoms with Crippen molar-refractivity contribution < 1.29 is 20.3 Å². The van der Waals surface area contributed by atoms with E-state index >= 15 is 0 Å². The molecular weight excluding hydrogens is 234 g/mol. The molecule has 0 spiro atoms. The zero-order valence-electron chi connectivity index (χ0n) is 8.65. The van der Waals surface area contributed by atoms with Crippen LogP contribution in [0.1, 0.15) is 5.56 Å². The number of benzene rings is 1. The first-order chi connectivity index (χ1) is 7.88. The Hall–Kier alpha value is -2.42. The smallest absolute Gasteiger partial charge is 0.310 e. The molecule has 0 heterocycles. The molecule has 1 rings (SSSR count). The van der Waals surface area contributed by atoms with E-state index in [9.17, 15) is 10.1 Å². The van der Waals surface area contributed by atoms with Gasteiger partial charge in [-0.1, -0.05) is 6.07 Å². The van der Waals surface area contributed by atoms with Crippen LogP contribution in [0.15, 0.2) is 18.2 Å². The van der Waals surface area contributed by atoms with Gasteiger partial charge in [-0.2, -0.15) is 0 Å². The number of aromatic hydroxyl groups is 1. The maximum atomic E-state index is 10.4. The van der Waals surface area contributed by atoms with Gasteiger partial charge in [0, 0.05) is 6.07 Å². The van der Waals surface area contributed by atoms with Gasteiger partial charge in [-0.3, -0.25) is 10.1 Å². The second-order valence-electron chi connectivity index (χ2n) is 2.86. The summed E-state index contributed by atoms with van der Waals surface area (Å²) in [5.74, 6) is -0.314. The molecule has 0 aliphatic rings. The van der Waals surface area contributed by atoms with Gasteiger partial charge in [-0.25, -0.2) is 0 Å². The van der Waals surface area contributed by atoms with Gasteiger partial charge in [-0.05, 0) is 24.6 Å². The fourth-order valence-corrected chi connectivity index (χ4v) is 1.04. The zero-order chi connectivity index (χ0) is 13.4. The van der Waals surface area contributed by atoms with Crippen LogP contribution in [-0.4, -0.2) is 26.9 Å². The fourth-order valence-electron chi connectivity index (χ4n) is 1.04. The lowest BCUT2D eigenvalue weighted by atomic mass is 10.1. The molecule has 0 saturated heterocycles. The summed E-state index contributed by atoms with van der Waals surface area (Å²) < 4.78 is 0. The fraction of sp³-hybridized carbons (Fsp3) is 0.250. The van der Waals surface area contributed by atoms with Crippen LogP contribution in [0, 0.1) is 20.2 Å². The van der Waals surface area contributed by atoms with Crippen molar-refractivity contribution in [1.82, 2.24) is 0 Å². The van der Waals surface area contributed by atoms with E-state index in [1.54, 1.807) is 6.07 Å². The Morgan fingerprint density at radius 2 is 1.82 bits per heavy atom. The molecule has 0 bridgehead atoms. The molecule has 4 N–H and O–H groups in total. The largest absolute Gasteiger partial charge is 0.502 e. The van der Waals surface area contributed by atoms with Crippen molar-refractivity contribution in [2.45, 2.75) is 6.42 Å². The van der Waals surface area contributed by atoms with Gasteiger partial charge in [0.05, 0.1) is 4.92 Å². The first-order valence-electron chi connectivity index (χ1n) is 4.38. The predicted molar refractivity (Wildman–Crippen MR) is 56.3 cm³/mol. The molecule has 9 heteroatoms. The van der Waals surface area contributed by atoms with Crippen LogP contribution >= 0.6 is 0 Å². The van der Waals surface area contributed by atoms with Crippen LogP contribution in [0.2, 0.25) is 0 Å². The van der Waals surface area contributed by atoms with Crippen molar-refractivity contribution in [2.24, 2.45) is 5.73 Å². The topological polar surface area (TPSA) is 153 Å². The predicted octanol–water partition coefficient (Wildman–Crippen LogP) is 0.454. The highest BCUT2D eigenvalue weighted by Gasteiger charge is 2.12. The Kier molecular flexibility index (Phi) is 5.96. The SMILES string of the molecule is NCCc1ccc(O)c([N+](=O)[O-])c1.O=[N+]([O-])O. The molecule has 1 aromatic rings. The van der Waals surface area contributed by atoms with E-state index in [-0.39, 0.29) is 11.4 Å². The van der Waals surface area contributed by atoms with Gasteiger partial charge in [0.15, 0.2) is 5.75 Å². The molecule has 1 aromatic carbocycles. The second-order valence-corrected chi connectivity index (χ2v) is 2.86. The Morgan fingerprint density at radius 3 is 2.24 bits per heavy atom. The van der Waals surface area contributed by atoms with Crippen LogP contribution < -0.4 is 5.73 Å². The number of hydrogen-bond acceptors (Lipinski definition) is 6. The lowest BCUT2D eigenvalue weighted by Crippen LogP contribution is -2.02. The van der Waals surface area contributed by atoms with Crippen LogP contribution in [0.3, 0.4) is 0 Å². The maximum Gasteiger partial charge on any atom is 0.310 e.